The molecule has 2 aliphatic heterocycles. The van der Waals surface area contributed by atoms with Gasteiger partial charge in [-0.1, -0.05) is 11.6 Å². The molecule has 35 heavy (non-hydrogen) atoms. The van der Waals surface area contributed by atoms with Crippen LogP contribution in [0.25, 0.3) is 0 Å². The zero-order valence-corrected chi connectivity index (χ0v) is 20.2. The van der Waals surface area contributed by atoms with Crippen molar-refractivity contribution in [3.05, 3.63) is 40.9 Å². The normalized spacial score (nSPS) is 24.5. The summed E-state index contributed by atoms with van der Waals surface area (Å²) in [5.74, 6) is -1.49. The molecule has 1 N–H and O–H groups in total. The number of carbonyl (C=O) groups excluding carboxylic acids is 2. The van der Waals surface area contributed by atoms with E-state index in [1.54, 1.807) is 17.0 Å². The molecule has 3 aliphatic rings. The van der Waals surface area contributed by atoms with Gasteiger partial charge >= 0.3 is 6.09 Å². The van der Waals surface area contributed by atoms with E-state index in [4.69, 9.17) is 25.8 Å². The fourth-order valence-electron chi connectivity index (χ4n) is 4.41. The van der Waals surface area contributed by atoms with E-state index in [0.29, 0.717) is 37.6 Å². The molecule has 1 aliphatic carbocycles. The van der Waals surface area contributed by atoms with E-state index in [-0.39, 0.29) is 52.1 Å². The Kier molecular flexibility index (Phi) is 6.27. The Hall–Kier alpha value is -2.98. The van der Waals surface area contributed by atoms with Crippen LogP contribution in [0, 0.1) is 17.7 Å². The largest absolute Gasteiger partial charge is 0.471 e. The number of likely N-dealkylation sites (tertiary alicyclic amines) is 1. The zero-order chi connectivity index (χ0) is 24.7. The van der Waals surface area contributed by atoms with Crippen molar-refractivity contribution in [2.24, 2.45) is 11.8 Å². The number of piperidine rings is 1. The maximum absolute atomic E-state index is 15.3. The van der Waals surface area contributed by atoms with Crippen LogP contribution >= 0.6 is 11.6 Å². The van der Waals surface area contributed by atoms with E-state index in [2.05, 4.69) is 15.3 Å². The number of ketones is 1. The first kappa shape index (κ1) is 23.7. The number of benzene rings is 1. The Morgan fingerprint density at radius 2 is 1.94 bits per heavy atom. The topological polar surface area (TPSA) is 103 Å². The van der Waals surface area contributed by atoms with Crippen molar-refractivity contribution < 1.29 is 28.2 Å². The number of nitrogens with one attached hydrogen (secondary N) is 1. The van der Waals surface area contributed by atoms with Gasteiger partial charge in [-0.15, -0.1) is 0 Å². The molecule has 2 saturated heterocycles. The van der Waals surface area contributed by atoms with Crippen LogP contribution in [-0.2, 0) is 9.47 Å². The Balaban J connectivity index is 1.29. The smallest absolute Gasteiger partial charge is 0.410 e. The fraction of sp³-hybridized carbons (Fsp3) is 0.500. The monoisotopic (exact) mass is 504 g/mol. The first-order valence-corrected chi connectivity index (χ1v) is 11.9. The maximum atomic E-state index is 15.3. The lowest BCUT2D eigenvalue weighted by Gasteiger charge is -2.46. The molecule has 1 aromatic carbocycles. The van der Waals surface area contributed by atoms with E-state index in [1.165, 1.54) is 19.3 Å². The van der Waals surface area contributed by atoms with Gasteiger partial charge in [0.1, 0.15) is 18.0 Å². The van der Waals surface area contributed by atoms with Crippen LogP contribution in [0.15, 0.2) is 24.5 Å². The molecule has 1 aromatic heterocycles. The van der Waals surface area contributed by atoms with Crippen molar-refractivity contribution in [3.8, 4) is 5.88 Å². The minimum absolute atomic E-state index is 0.104. The summed E-state index contributed by atoms with van der Waals surface area (Å²) in [5.41, 5.74) is 0.489. The van der Waals surface area contributed by atoms with Crippen LogP contribution in [0.1, 0.15) is 37.0 Å². The summed E-state index contributed by atoms with van der Waals surface area (Å²) in [7, 11) is 0. The van der Waals surface area contributed by atoms with Crippen molar-refractivity contribution >= 4 is 35.0 Å². The highest BCUT2D eigenvalue weighted by Gasteiger charge is 2.47. The Morgan fingerprint density at radius 3 is 2.57 bits per heavy atom. The molecule has 1 saturated carbocycles. The van der Waals surface area contributed by atoms with Crippen LogP contribution in [0.2, 0.25) is 5.02 Å². The van der Waals surface area contributed by atoms with Crippen molar-refractivity contribution in [1.82, 2.24) is 14.9 Å². The molecule has 0 radical (unpaired) electrons. The number of aromatic nitrogens is 2. The number of amides is 1. The standard InChI is InChI=1S/C24H26ClFN4O5/c1-13(31)14-3-4-18(17(25)7-14)29-21-19(26)22(28-12-27-21)34-20-15-8-30(9-16(20)11-33-10-15)23(32)35-24(2)5-6-24/h3-4,7,12,15-16,20H,5-6,8-11H2,1-2H3,(H,27,28,29). The first-order chi connectivity index (χ1) is 16.7. The molecule has 5 rings (SSSR count). The van der Waals surface area contributed by atoms with Crippen molar-refractivity contribution in [2.45, 2.75) is 38.4 Å². The molecular weight excluding hydrogens is 479 g/mol. The maximum Gasteiger partial charge on any atom is 0.410 e. The molecule has 2 aromatic rings. The van der Waals surface area contributed by atoms with Crippen LogP contribution in [-0.4, -0.2) is 64.8 Å². The summed E-state index contributed by atoms with van der Waals surface area (Å²) < 4.78 is 32.6. The molecule has 2 bridgehead atoms. The Bertz CT molecular complexity index is 1150. The second-order valence-corrected chi connectivity index (χ2v) is 9.99. The minimum Gasteiger partial charge on any atom is -0.471 e. The van der Waals surface area contributed by atoms with Gasteiger partial charge in [0.25, 0.3) is 5.88 Å². The van der Waals surface area contributed by atoms with Crippen LogP contribution in [0.5, 0.6) is 5.88 Å². The molecule has 2 unspecified atom stereocenters. The second kappa shape index (κ2) is 9.23. The van der Waals surface area contributed by atoms with Crippen molar-refractivity contribution in [2.75, 3.05) is 31.6 Å². The van der Waals surface area contributed by atoms with E-state index < -0.39 is 5.82 Å². The van der Waals surface area contributed by atoms with Gasteiger partial charge < -0.3 is 24.4 Å². The first-order valence-electron chi connectivity index (χ1n) is 11.5. The van der Waals surface area contributed by atoms with Crippen LogP contribution < -0.4 is 10.1 Å². The average molecular weight is 505 g/mol. The molecule has 1 amide bonds. The molecule has 2 atom stereocenters. The molecule has 11 heteroatoms. The summed E-state index contributed by atoms with van der Waals surface area (Å²) >= 11 is 6.25. The van der Waals surface area contributed by atoms with E-state index in [1.807, 2.05) is 6.92 Å². The van der Waals surface area contributed by atoms with Crippen molar-refractivity contribution in [3.63, 3.8) is 0 Å². The minimum atomic E-state index is -0.762. The number of fused-ring (bicyclic) bond motifs is 2. The Labute approximate surface area is 206 Å². The lowest BCUT2D eigenvalue weighted by atomic mass is 9.84. The average Bonchev–Trinajstić information content (AvgIpc) is 3.53. The molecule has 9 nitrogen and oxygen atoms in total. The number of carbonyl (C=O) groups is 2. The number of hydrogen-bond acceptors (Lipinski definition) is 8. The highest BCUT2D eigenvalue weighted by atomic mass is 35.5. The summed E-state index contributed by atoms with van der Waals surface area (Å²) in [4.78, 5) is 33.8. The quantitative estimate of drug-likeness (QED) is 0.583. The number of hydrogen-bond donors (Lipinski definition) is 1. The highest BCUT2D eigenvalue weighted by Crippen LogP contribution is 2.40. The van der Waals surface area contributed by atoms with Gasteiger partial charge in [0.2, 0.25) is 5.82 Å². The van der Waals surface area contributed by atoms with Gasteiger partial charge in [-0.3, -0.25) is 4.79 Å². The number of nitrogens with zero attached hydrogens (tertiary/aromatic N) is 3. The van der Waals surface area contributed by atoms with Crippen molar-refractivity contribution in [1.29, 1.82) is 0 Å². The number of anilines is 2. The molecule has 186 valence electrons. The number of halogens is 2. The SMILES string of the molecule is CC(=O)c1ccc(Nc2ncnc(OC3C4COCC3CN(C(=O)OC3(C)CC3)C4)c2F)c(Cl)c1. The number of ether oxygens (including phenoxy) is 3. The predicted molar refractivity (Wildman–Crippen MR) is 125 cm³/mol. The summed E-state index contributed by atoms with van der Waals surface area (Å²) in [6, 6.07) is 4.68. The number of Topliss-reactive ketones (excluding diaryl/α,β-unsaturated/α-hetero) is 1. The summed E-state index contributed by atoms with van der Waals surface area (Å²) in [5, 5.41) is 3.09. The van der Waals surface area contributed by atoms with Gasteiger partial charge in [-0.05, 0) is 44.9 Å². The predicted octanol–water partition coefficient (Wildman–Crippen LogP) is 4.23. The summed E-state index contributed by atoms with van der Waals surface area (Å²) in [6.07, 6.45) is 2.26. The van der Waals surface area contributed by atoms with Gasteiger partial charge in [0, 0.05) is 30.5 Å². The van der Waals surface area contributed by atoms with Crippen LogP contribution in [0.3, 0.4) is 0 Å². The molecule has 0 spiro atoms. The lowest BCUT2D eigenvalue weighted by Crippen LogP contribution is -2.59. The van der Waals surface area contributed by atoms with E-state index >= 15 is 4.39 Å². The molecular formula is C24H26ClFN4O5. The molecule has 3 fully saturated rings. The van der Waals surface area contributed by atoms with Gasteiger partial charge in [-0.25, -0.2) is 9.78 Å². The van der Waals surface area contributed by atoms with Crippen LogP contribution in [0.4, 0.5) is 20.7 Å². The molecule has 3 heterocycles. The lowest BCUT2D eigenvalue weighted by molar-refractivity contribution is -0.112. The fourth-order valence-corrected chi connectivity index (χ4v) is 4.64. The van der Waals surface area contributed by atoms with E-state index in [9.17, 15) is 9.59 Å². The van der Waals surface area contributed by atoms with E-state index in [0.717, 1.165) is 12.8 Å². The van der Waals surface area contributed by atoms with Gasteiger partial charge in [0.15, 0.2) is 11.6 Å². The third-order valence-corrected chi connectivity index (χ3v) is 7.00. The third kappa shape index (κ3) is 5.04. The summed E-state index contributed by atoms with van der Waals surface area (Å²) in [6.45, 7) is 4.93. The third-order valence-electron chi connectivity index (χ3n) is 6.68. The van der Waals surface area contributed by atoms with Gasteiger partial charge in [-0.2, -0.15) is 9.37 Å². The Morgan fingerprint density at radius 1 is 1.23 bits per heavy atom. The zero-order valence-electron chi connectivity index (χ0n) is 19.4. The number of rotatable bonds is 6. The highest BCUT2D eigenvalue weighted by molar-refractivity contribution is 6.33. The van der Waals surface area contributed by atoms with Gasteiger partial charge in [0.05, 0.1) is 23.9 Å². The second-order valence-electron chi connectivity index (χ2n) is 9.58.